The summed E-state index contributed by atoms with van der Waals surface area (Å²) < 4.78 is 1.63. The molecule has 0 bridgehead atoms. The molecule has 0 unspecified atom stereocenters. The molecule has 5 nitrogen and oxygen atoms in total. The van der Waals surface area contributed by atoms with E-state index in [1.165, 1.54) is 4.90 Å². The molecule has 0 atom stereocenters. The van der Waals surface area contributed by atoms with Gasteiger partial charge in [0.2, 0.25) is 0 Å². The predicted octanol–water partition coefficient (Wildman–Crippen LogP) is -2.28. The van der Waals surface area contributed by atoms with Crippen molar-refractivity contribution < 1.29 is 4.90 Å². The van der Waals surface area contributed by atoms with Gasteiger partial charge in [-0.2, -0.15) is 0 Å². The van der Waals surface area contributed by atoms with Crippen LogP contribution in [0.4, 0.5) is 0 Å². The fraction of sp³-hybridized carbons (Fsp3) is 0.800. The largest absolute Gasteiger partial charge is 0.739 e. The Morgan fingerprint density at radius 3 is 2.73 bits per heavy atom. The van der Waals surface area contributed by atoms with Gasteiger partial charge in [0, 0.05) is 5.16 Å². The van der Waals surface area contributed by atoms with Crippen molar-refractivity contribution in [3.63, 3.8) is 0 Å². The second-order valence-electron chi connectivity index (χ2n) is 2.64. The van der Waals surface area contributed by atoms with Gasteiger partial charge in [0.25, 0.3) is 0 Å². The third-order valence-corrected chi connectivity index (χ3v) is 1.62. The Balaban J connectivity index is 2.44. The molecule has 0 amide bonds. The molecule has 0 aliphatic heterocycles. The maximum atomic E-state index is 4.85. The molecule has 1 rings (SSSR count). The topological polar surface area (TPSA) is 48.0 Å². The van der Waals surface area contributed by atoms with Gasteiger partial charge in [-0.05, 0) is 10.4 Å². The maximum absolute atomic E-state index is 4.85. The average Bonchev–Trinajstić information content (AvgIpc) is 2.31. The fourth-order valence-electron chi connectivity index (χ4n) is 0.666. The molecule has 0 fully saturated rings. The van der Waals surface area contributed by atoms with Crippen molar-refractivity contribution in [1.29, 1.82) is 0 Å². The minimum absolute atomic E-state index is 0.464. The first-order valence-electron chi connectivity index (χ1n) is 3.42. The summed E-state index contributed by atoms with van der Waals surface area (Å²) in [4.78, 5) is 1.36. The number of likely N-dealkylation sites (N-methyl/N-ethyl adjacent to an activating group) is 1. The zero-order chi connectivity index (χ0) is 8.27. The van der Waals surface area contributed by atoms with Crippen LogP contribution in [0, 0.1) is 0 Å². The molecule has 11 heavy (non-hydrogen) atoms. The van der Waals surface area contributed by atoms with Crippen molar-refractivity contribution in [3.05, 3.63) is 0 Å². The minimum Gasteiger partial charge on any atom is -0.739 e. The summed E-state index contributed by atoms with van der Waals surface area (Å²) in [6.07, 6.45) is 0. The van der Waals surface area contributed by atoms with Crippen molar-refractivity contribution in [2.45, 2.75) is 11.7 Å². The zero-order valence-corrected chi connectivity index (χ0v) is 7.43. The van der Waals surface area contributed by atoms with E-state index < -0.39 is 0 Å². The molecule has 1 heterocycles. The first kappa shape index (κ1) is 8.35. The Morgan fingerprint density at radius 2 is 2.27 bits per heavy atom. The highest BCUT2D eigenvalue weighted by molar-refractivity contribution is 7.58. The molecule has 6 heteroatoms. The van der Waals surface area contributed by atoms with Crippen LogP contribution < -0.4 is 4.90 Å². The Hall–Kier alpha value is -0.750. The first-order chi connectivity index (χ1) is 5.20. The number of aromatic nitrogens is 4. The number of tetrazole rings is 1. The second kappa shape index (κ2) is 3.59. The monoisotopic (exact) mass is 173 g/mol. The second-order valence-corrected chi connectivity index (χ2v) is 3.01. The predicted molar refractivity (Wildman–Crippen MR) is 41.1 cm³/mol. The molecular weight excluding hydrogens is 162 g/mol. The first-order valence-corrected chi connectivity index (χ1v) is 3.83. The van der Waals surface area contributed by atoms with E-state index in [2.05, 4.69) is 29.6 Å². The smallest absolute Gasteiger partial charge is 0.0966 e. The number of hydrogen-bond acceptors (Lipinski definition) is 4. The minimum atomic E-state index is 0.464. The zero-order valence-electron chi connectivity index (χ0n) is 6.61. The lowest BCUT2D eigenvalue weighted by molar-refractivity contribution is -0.859. The van der Waals surface area contributed by atoms with Crippen molar-refractivity contribution in [2.75, 3.05) is 20.6 Å². The summed E-state index contributed by atoms with van der Waals surface area (Å²) in [6.45, 7) is 1.77. The van der Waals surface area contributed by atoms with E-state index in [4.69, 9.17) is 12.6 Å². The van der Waals surface area contributed by atoms with Gasteiger partial charge in [-0.3, -0.25) is 0 Å². The molecule has 1 aromatic heterocycles. The Kier molecular flexibility index (Phi) is 2.72. The quantitative estimate of drug-likeness (QED) is 0.523. The van der Waals surface area contributed by atoms with Crippen LogP contribution in [-0.4, -0.2) is 40.8 Å². The lowest BCUT2D eigenvalue weighted by Crippen LogP contribution is -3.06. The molecular formula is C5H11N5S. The number of quaternary nitrogens is 1. The van der Waals surface area contributed by atoms with Gasteiger partial charge in [0.1, 0.15) is 0 Å². The van der Waals surface area contributed by atoms with Crippen LogP contribution >= 0.6 is 0 Å². The molecule has 0 spiro atoms. The van der Waals surface area contributed by atoms with Crippen molar-refractivity contribution in [2.24, 2.45) is 0 Å². The highest BCUT2D eigenvalue weighted by atomic mass is 32.1. The molecule has 1 N–H and O–H groups in total. The van der Waals surface area contributed by atoms with E-state index in [1.54, 1.807) is 4.68 Å². The van der Waals surface area contributed by atoms with E-state index in [9.17, 15) is 0 Å². The Morgan fingerprint density at radius 1 is 1.55 bits per heavy atom. The van der Waals surface area contributed by atoms with Crippen LogP contribution in [0.5, 0.6) is 0 Å². The maximum Gasteiger partial charge on any atom is 0.0966 e. The number of nitrogens with zero attached hydrogens (tertiary/aromatic N) is 4. The summed E-state index contributed by atoms with van der Waals surface area (Å²) in [6, 6.07) is 0. The number of nitrogens with one attached hydrogen (secondary N) is 1. The molecule has 0 aliphatic rings. The van der Waals surface area contributed by atoms with Gasteiger partial charge in [-0.25, -0.2) is 4.68 Å². The summed E-state index contributed by atoms with van der Waals surface area (Å²) in [5.41, 5.74) is 0. The fourth-order valence-corrected chi connectivity index (χ4v) is 0.831. The van der Waals surface area contributed by atoms with Crippen LogP contribution in [0.25, 0.3) is 0 Å². The lowest BCUT2D eigenvalue weighted by atomic mass is 10.6. The van der Waals surface area contributed by atoms with Gasteiger partial charge in [0.15, 0.2) is 0 Å². The summed E-state index contributed by atoms with van der Waals surface area (Å²) in [5.74, 6) is 0. The summed E-state index contributed by atoms with van der Waals surface area (Å²) in [5, 5.41) is 11.2. The summed E-state index contributed by atoms with van der Waals surface area (Å²) in [7, 11) is 4.15. The van der Waals surface area contributed by atoms with E-state index >= 15 is 0 Å². The molecule has 0 aliphatic carbocycles. The third kappa shape index (κ3) is 2.39. The van der Waals surface area contributed by atoms with Gasteiger partial charge in [-0.1, -0.05) is 0 Å². The van der Waals surface area contributed by atoms with Crippen LogP contribution in [0.1, 0.15) is 0 Å². The Labute approximate surface area is 70.8 Å². The van der Waals surface area contributed by atoms with E-state index in [-0.39, 0.29) is 0 Å². The van der Waals surface area contributed by atoms with Crippen molar-refractivity contribution in [1.82, 2.24) is 20.2 Å². The summed E-state index contributed by atoms with van der Waals surface area (Å²) >= 11 is 4.85. The van der Waals surface area contributed by atoms with Gasteiger partial charge in [-0.15, -0.1) is 5.10 Å². The molecule has 0 saturated heterocycles. The van der Waals surface area contributed by atoms with Crippen molar-refractivity contribution >= 4 is 12.6 Å². The van der Waals surface area contributed by atoms with Crippen LogP contribution in [0.2, 0.25) is 0 Å². The highest BCUT2D eigenvalue weighted by Gasteiger charge is 1.96. The third-order valence-electron chi connectivity index (χ3n) is 1.32. The molecule has 62 valence electrons. The standard InChI is InChI=1S/C5H11N5S/c1-9(2)3-4-10-5(11)6-7-8-10/h3-4H2,1-2H3,(H,6,8,11). The van der Waals surface area contributed by atoms with Gasteiger partial charge >= 0.3 is 0 Å². The number of hydrogen-bond donors (Lipinski definition) is 1. The van der Waals surface area contributed by atoms with E-state index in [0.29, 0.717) is 5.16 Å². The lowest BCUT2D eigenvalue weighted by Gasteiger charge is -2.09. The Bertz CT molecular complexity index is 220. The SMILES string of the molecule is C[NH+](C)CCn1nnnc1[S-]. The highest BCUT2D eigenvalue weighted by Crippen LogP contribution is 1.85. The number of rotatable bonds is 3. The van der Waals surface area contributed by atoms with Crippen molar-refractivity contribution in [3.8, 4) is 0 Å². The molecule has 0 radical (unpaired) electrons. The van der Waals surface area contributed by atoms with Crippen LogP contribution in [-0.2, 0) is 19.2 Å². The molecule has 0 saturated carbocycles. The van der Waals surface area contributed by atoms with Crippen LogP contribution in [0.3, 0.4) is 0 Å². The van der Waals surface area contributed by atoms with Gasteiger partial charge < -0.3 is 17.5 Å². The normalized spacial score (nSPS) is 10.8. The molecule has 0 aromatic carbocycles. The van der Waals surface area contributed by atoms with Gasteiger partial charge in [0.05, 0.1) is 27.2 Å². The van der Waals surface area contributed by atoms with Crippen LogP contribution in [0.15, 0.2) is 5.16 Å². The van der Waals surface area contributed by atoms with E-state index in [1.807, 2.05) is 0 Å². The van der Waals surface area contributed by atoms with E-state index in [0.717, 1.165) is 13.1 Å². The molecule has 1 aromatic rings. The average molecular weight is 173 g/mol.